The van der Waals surface area contributed by atoms with Gasteiger partial charge in [0.15, 0.2) is 0 Å². The molecule has 0 unspecified atom stereocenters. The molecule has 4 heteroatoms. The van der Waals surface area contributed by atoms with Crippen molar-refractivity contribution in [2.75, 3.05) is 13.1 Å². The fourth-order valence-electron chi connectivity index (χ4n) is 2.00. The molecule has 0 spiro atoms. The van der Waals surface area contributed by atoms with Gasteiger partial charge < -0.3 is 10.0 Å². The highest BCUT2D eigenvalue weighted by molar-refractivity contribution is 5.94. The third-order valence-electron chi connectivity index (χ3n) is 2.86. The largest absolute Gasteiger partial charge is 0.506 e. The van der Waals surface area contributed by atoms with Crippen LogP contribution in [0.25, 0.3) is 0 Å². The number of amides is 1. The Kier molecular flexibility index (Phi) is 3.39. The van der Waals surface area contributed by atoms with Crippen LogP contribution in [-0.4, -0.2) is 34.0 Å². The zero-order chi connectivity index (χ0) is 11.4. The minimum absolute atomic E-state index is 0.0229. The molecule has 2 rings (SSSR count). The third-order valence-corrected chi connectivity index (χ3v) is 2.86. The SMILES string of the molecule is O=C(c1cncc(O)c1)N1CCCCCC1. The number of aromatic hydroxyl groups is 1. The Morgan fingerprint density at radius 2 is 1.88 bits per heavy atom. The highest BCUT2D eigenvalue weighted by Gasteiger charge is 2.17. The van der Waals surface area contributed by atoms with Crippen LogP contribution in [0.1, 0.15) is 36.0 Å². The number of nitrogens with zero attached hydrogens (tertiary/aromatic N) is 2. The average molecular weight is 220 g/mol. The molecular weight excluding hydrogens is 204 g/mol. The first-order valence-electron chi connectivity index (χ1n) is 5.70. The van der Waals surface area contributed by atoms with Gasteiger partial charge in [-0.2, -0.15) is 0 Å². The van der Waals surface area contributed by atoms with Crippen LogP contribution < -0.4 is 0 Å². The Labute approximate surface area is 94.9 Å². The van der Waals surface area contributed by atoms with Gasteiger partial charge in [0.25, 0.3) is 5.91 Å². The first kappa shape index (κ1) is 10.9. The summed E-state index contributed by atoms with van der Waals surface area (Å²) in [4.78, 5) is 17.8. The number of pyridine rings is 1. The van der Waals surface area contributed by atoms with Gasteiger partial charge in [0.1, 0.15) is 5.75 Å². The van der Waals surface area contributed by atoms with Crippen LogP contribution >= 0.6 is 0 Å². The normalized spacial score (nSPS) is 16.9. The van der Waals surface area contributed by atoms with E-state index in [-0.39, 0.29) is 11.7 Å². The summed E-state index contributed by atoms with van der Waals surface area (Å²) in [7, 11) is 0. The van der Waals surface area contributed by atoms with Crippen molar-refractivity contribution in [2.45, 2.75) is 25.7 Å². The smallest absolute Gasteiger partial charge is 0.255 e. The molecule has 1 N–H and O–H groups in total. The number of likely N-dealkylation sites (tertiary alicyclic amines) is 1. The molecule has 1 aromatic heterocycles. The van der Waals surface area contributed by atoms with E-state index in [1.54, 1.807) is 0 Å². The molecule has 0 aromatic carbocycles. The first-order valence-corrected chi connectivity index (χ1v) is 5.70. The van der Waals surface area contributed by atoms with Gasteiger partial charge in [-0.05, 0) is 18.9 Å². The number of aromatic nitrogens is 1. The highest BCUT2D eigenvalue weighted by atomic mass is 16.3. The van der Waals surface area contributed by atoms with Crippen LogP contribution in [0.4, 0.5) is 0 Å². The van der Waals surface area contributed by atoms with E-state index in [1.165, 1.54) is 31.3 Å². The molecule has 1 aromatic rings. The van der Waals surface area contributed by atoms with Crippen molar-refractivity contribution in [1.29, 1.82) is 0 Å². The number of hydrogen-bond acceptors (Lipinski definition) is 3. The van der Waals surface area contributed by atoms with E-state index in [2.05, 4.69) is 4.98 Å². The lowest BCUT2D eigenvalue weighted by atomic mass is 10.2. The number of carbonyl (C=O) groups excluding carboxylic acids is 1. The molecule has 16 heavy (non-hydrogen) atoms. The van der Waals surface area contributed by atoms with Crippen molar-refractivity contribution in [3.63, 3.8) is 0 Å². The summed E-state index contributed by atoms with van der Waals surface area (Å²) in [6.07, 6.45) is 7.37. The van der Waals surface area contributed by atoms with E-state index >= 15 is 0 Å². The summed E-state index contributed by atoms with van der Waals surface area (Å²) in [6.45, 7) is 1.63. The highest BCUT2D eigenvalue weighted by Crippen LogP contribution is 2.15. The Bertz CT molecular complexity index is 371. The van der Waals surface area contributed by atoms with Gasteiger partial charge in [-0.25, -0.2) is 0 Å². The summed E-state index contributed by atoms with van der Waals surface area (Å²) >= 11 is 0. The molecule has 0 radical (unpaired) electrons. The molecule has 0 aliphatic carbocycles. The minimum Gasteiger partial charge on any atom is -0.506 e. The maximum atomic E-state index is 12.1. The van der Waals surface area contributed by atoms with Gasteiger partial charge in [0.05, 0.1) is 11.8 Å². The van der Waals surface area contributed by atoms with Gasteiger partial charge in [-0.3, -0.25) is 9.78 Å². The number of hydrogen-bond donors (Lipinski definition) is 1. The molecule has 0 atom stereocenters. The second-order valence-corrected chi connectivity index (χ2v) is 4.14. The van der Waals surface area contributed by atoms with Crippen molar-refractivity contribution < 1.29 is 9.90 Å². The van der Waals surface area contributed by atoms with E-state index in [4.69, 9.17) is 0 Å². The van der Waals surface area contributed by atoms with Gasteiger partial charge in [0.2, 0.25) is 0 Å². The Hall–Kier alpha value is -1.58. The fraction of sp³-hybridized carbons (Fsp3) is 0.500. The minimum atomic E-state index is -0.0229. The van der Waals surface area contributed by atoms with Gasteiger partial charge in [-0.15, -0.1) is 0 Å². The molecule has 4 nitrogen and oxygen atoms in total. The summed E-state index contributed by atoms with van der Waals surface area (Å²) in [5, 5.41) is 9.28. The van der Waals surface area contributed by atoms with Crippen molar-refractivity contribution in [3.8, 4) is 5.75 Å². The van der Waals surface area contributed by atoms with E-state index in [0.717, 1.165) is 25.9 Å². The van der Waals surface area contributed by atoms with Crippen LogP contribution in [-0.2, 0) is 0 Å². The summed E-state index contributed by atoms with van der Waals surface area (Å²) in [6, 6.07) is 1.47. The van der Waals surface area contributed by atoms with Crippen molar-refractivity contribution in [1.82, 2.24) is 9.88 Å². The predicted octanol–water partition coefficient (Wildman–Crippen LogP) is 1.80. The zero-order valence-electron chi connectivity index (χ0n) is 9.22. The maximum Gasteiger partial charge on any atom is 0.255 e. The molecule has 1 amide bonds. The lowest BCUT2D eigenvalue weighted by molar-refractivity contribution is 0.0761. The second kappa shape index (κ2) is 4.96. The van der Waals surface area contributed by atoms with E-state index in [1.807, 2.05) is 4.90 Å². The molecule has 0 saturated carbocycles. The lowest BCUT2D eigenvalue weighted by Crippen LogP contribution is -2.31. The zero-order valence-corrected chi connectivity index (χ0v) is 9.22. The van der Waals surface area contributed by atoms with Gasteiger partial charge in [0, 0.05) is 19.3 Å². The topological polar surface area (TPSA) is 53.4 Å². The molecule has 0 bridgehead atoms. The second-order valence-electron chi connectivity index (χ2n) is 4.14. The van der Waals surface area contributed by atoms with Crippen LogP contribution in [0.2, 0.25) is 0 Å². The van der Waals surface area contributed by atoms with Crippen LogP contribution in [0.15, 0.2) is 18.5 Å². The maximum absolute atomic E-state index is 12.1. The molecule has 1 saturated heterocycles. The third kappa shape index (κ3) is 2.51. The molecule has 1 aliphatic rings. The summed E-state index contributed by atoms with van der Waals surface area (Å²) in [5.41, 5.74) is 0.474. The van der Waals surface area contributed by atoms with Gasteiger partial charge >= 0.3 is 0 Å². The van der Waals surface area contributed by atoms with Crippen LogP contribution in [0, 0.1) is 0 Å². The summed E-state index contributed by atoms with van der Waals surface area (Å²) in [5.74, 6) is 0.0194. The number of rotatable bonds is 1. The van der Waals surface area contributed by atoms with Gasteiger partial charge in [-0.1, -0.05) is 12.8 Å². The quantitative estimate of drug-likeness (QED) is 0.785. The molecular formula is C12H16N2O2. The van der Waals surface area contributed by atoms with Crippen molar-refractivity contribution in [2.24, 2.45) is 0 Å². The standard InChI is InChI=1S/C12H16N2O2/c15-11-7-10(8-13-9-11)12(16)14-5-3-1-2-4-6-14/h7-9,15H,1-6H2. The predicted molar refractivity (Wildman–Crippen MR) is 60.3 cm³/mol. The fourth-order valence-corrected chi connectivity index (χ4v) is 2.00. The lowest BCUT2D eigenvalue weighted by Gasteiger charge is -2.20. The number of carbonyl (C=O) groups is 1. The Morgan fingerprint density at radius 3 is 2.50 bits per heavy atom. The molecule has 86 valence electrons. The Morgan fingerprint density at radius 1 is 1.19 bits per heavy atom. The van der Waals surface area contributed by atoms with Crippen LogP contribution in [0.5, 0.6) is 5.75 Å². The Balaban J connectivity index is 2.11. The van der Waals surface area contributed by atoms with Crippen molar-refractivity contribution >= 4 is 5.91 Å². The monoisotopic (exact) mass is 220 g/mol. The van der Waals surface area contributed by atoms with E-state index < -0.39 is 0 Å². The summed E-state index contributed by atoms with van der Waals surface area (Å²) < 4.78 is 0. The van der Waals surface area contributed by atoms with E-state index in [9.17, 15) is 9.90 Å². The van der Waals surface area contributed by atoms with Crippen molar-refractivity contribution in [3.05, 3.63) is 24.0 Å². The van der Waals surface area contributed by atoms with Crippen LogP contribution in [0.3, 0.4) is 0 Å². The first-order chi connectivity index (χ1) is 7.77. The van der Waals surface area contributed by atoms with E-state index in [0.29, 0.717) is 5.56 Å². The molecule has 1 aliphatic heterocycles. The average Bonchev–Trinajstić information content (AvgIpc) is 2.56. The molecule has 1 fully saturated rings. The molecule has 2 heterocycles.